The molecule has 8 heteroatoms. The number of benzene rings is 1. The summed E-state index contributed by atoms with van der Waals surface area (Å²) in [5, 5.41) is 6.29. The molecule has 128 valence electrons. The van der Waals surface area contributed by atoms with E-state index in [0.29, 0.717) is 6.42 Å². The standard InChI is InChI=1S/C16H14F4N2OS/c17-15(18)16(19,20)9-23-11-5-3-10(4-6-11)12-8-13(22-21-12)14-2-1-7-24-14/h1-7,12,15,21H,8-9H2. The Kier molecular flexibility index (Phi) is 4.75. The van der Waals surface area contributed by atoms with E-state index >= 15 is 0 Å². The summed E-state index contributed by atoms with van der Waals surface area (Å²) in [6.07, 6.45) is -3.03. The van der Waals surface area contributed by atoms with E-state index in [0.717, 1.165) is 16.2 Å². The van der Waals surface area contributed by atoms with E-state index < -0.39 is 19.0 Å². The Morgan fingerprint density at radius 1 is 1.25 bits per heavy atom. The number of hydrogen-bond donors (Lipinski definition) is 1. The zero-order valence-corrected chi connectivity index (χ0v) is 13.2. The van der Waals surface area contributed by atoms with Crippen LogP contribution in [0.15, 0.2) is 46.9 Å². The minimum absolute atomic E-state index is 0.0151. The highest BCUT2D eigenvalue weighted by Crippen LogP contribution is 2.28. The SMILES string of the molecule is FC(F)C(F)(F)COc1ccc(C2CC(c3cccs3)=NN2)cc1. The van der Waals surface area contributed by atoms with Crippen molar-refractivity contribution in [2.75, 3.05) is 6.61 Å². The van der Waals surface area contributed by atoms with Crippen LogP contribution in [0, 0.1) is 0 Å². The van der Waals surface area contributed by atoms with Crippen molar-refractivity contribution in [3.05, 3.63) is 52.2 Å². The van der Waals surface area contributed by atoms with Gasteiger partial charge in [-0.3, -0.25) is 0 Å². The molecule has 24 heavy (non-hydrogen) atoms. The van der Waals surface area contributed by atoms with Crippen molar-refractivity contribution in [3.8, 4) is 5.75 Å². The molecule has 0 aliphatic carbocycles. The van der Waals surface area contributed by atoms with Gasteiger partial charge in [0.2, 0.25) is 0 Å². The minimum Gasteiger partial charge on any atom is -0.487 e. The van der Waals surface area contributed by atoms with E-state index in [-0.39, 0.29) is 11.8 Å². The van der Waals surface area contributed by atoms with Crippen molar-refractivity contribution in [1.29, 1.82) is 0 Å². The molecular weight excluding hydrogens is 344 g/mol. The van der Waals surface area contributed by atoms with Gasteiger partial charge in [-0.2, -0.15) is 13.9 Å². The summed E-state index contributed by atoms with van der Waals surface area (Å²) in [5.74, 6) is -4.04. The molecule has 1 atom stereocenters. The quantitative estimate of drug-likeness (QED) is 0.773. The number of nitrogens with one attached hydrogen (secondary N) is 1. The number of thiophene rings is 1. The molecular formula is C16H14F4N2OS. The van der Waals surface area contributed by atoms with Crippen LogP contribution in [0.1, 0.15) is 22.9 Å². The molecule has 0 saturated heterocycles. The van der Waals surface area contributed by atoms with Gasteiger partial charge in [0.05, 0.1) is 16.6 Å². The molecule has 1 aliphatic rings. The Labute approximate surface area is 140 Å². The van der Waals surface area contributed by atoms with Gasteiger partial charge in [0.1, 0.15) is 5.75 Å². The molecule has 0 radical (unpaired) electrons. The highest BCUT2D eigenvalue weighted by Gasteiger charge is 2.41. The van der Waals surface area contributed by atoms with Crippen LogP contribution in [0.25, 0.3) is 0 Å². The predicted molar refractivity (Wildman–Crippen MR) is 84.2 cm³/mol. The summed E-state index contributed by atoms with van der Waals surface area (Å²) >= 11 is 1.61. The van der Waals surface area contributed by atoms with E-state index in [1.807, 2.05) is 17.5 Å². The van der Waals surface area contributed by atoms with Gasteiger partial charge < -0.3 is 10.2 Å². The number of hydrazone groups is 1. The third-order valence-electron chi connectivity index (χ3n) is 3.59. The second-order valence-corrected chi connectivity index (χ2v) is 6.29. The Hall–Kier alpha value is -2.09. The van der Waals surface area contributed by atoms with Crippen LogP contribution in [0.3, 0.4) is 0 Å². The predicted octanol–water partition coefficient (Wildman–Crippen LogP) is 4.47. The van der Waals surface area contributed by atoms with Gasteiger partial charge in [-0.1, -0.05) is 18.2 Å². The first-order chi connectivity index (χ1) is 11.5. The van der Waals surface area contributed by atoms with Gasteiger partial charge in [-0.05, 0) is 29.1 Å². The van der Waals surface area contributed by atoms with Crippen LogP contribution in [0.4, 0.5) is 17.6 Å². The summed E-state index contributed by atoms with van der Waals surface area (Å²) in [6.45, 7) is -1.35. The summed E-state index contributed by atoms with van der Waals surface area (Å²) < 4.78 is 54.6. The van der Waals surface area contributed by atoms with E-state index in [1.54, 1.807) is 23.5 Å². The molecule has 0 spiro atoms. The van der Waals surface area contributed by atoms with Crippen molar-refractivity contribution in [2.24, 2.45) is 5.10 Å². The first kappa shape index (κ1) is 16.8. The molecule has 0 saturated carbocycles. The van der Waals surface area contributed by atoms with Crippen molar-refractivity contribution in [3.63, 3.8) is 0 Å². The maximum Gasteiger partial charge on any atom is 0.340 e. The first-order valence-corrected chi connectivity index (χ1v) is 8.08. The highest BCUT2D eigenvalue weighted by atomic mass is 32.1. The fourth-order valence-electron chi connectivity index (χ4n) is 2.27. The number of nitrogens with zero attached hydrogens (tertiary/aromatic N) is 1. The van der Waals surface area contributed by atoms with Crippen LogP contribution in [-0.2, 0) is 0 Å². The van der Waals surface area contributed by atoms with E-state index in [1.165, 1.54) is 12.1 Å². The topological polar surface area (TPSA) is 33.6 Å². The fourth-order valence-corrected chi connectivity index (χ4v) is 3.00. The van der Waals surface area contributed by atoms with Crippen LogP contribution in [0.2, 0.25) is 0 Å². The van der Waals surface area contributed by atoms with Gasteiger partial charge >= 0.3 is 12.3 Å². The Balaban J connectivity index is 1.58. The lowest BCUT2D eigenvalue weighted by Crippen LogP contribution is -2.33. The molecule has 3 nitrogen and oxygen atoms in total. The number of ether oxygens (including phenoxy) is 1. The first-order valence-electron chi connectivity index (χ1n) is 7.20. The third-order valence-corrected chi connectivity index (χ3v) is 4.51. The van der Waals surface area contributed by atoms with Crippen LogP contribution >= 0.6 is 11.3 Å². The van der Waals surface area contributed by atoms with Gasteiger partial charge in [-0.15, -0.1) is 11.3 Å². The summed E-state index contributed by atoms with van der Waals surface area (Å²) in [7, 11) is 0. The normalized spacial score (nSPS) is 17.7. The molecule has 0 fully saturated rings. The summed E-state index contributed by atoms with van der Waals surface area (Å²) in [5.41, 5.74) is 4.92. The van der Waals surface area contributed by atoms with Gasteiger partial charge in [-0.25, -0.2) is 8.78 Å². The monoisotopic (exact) mass is 358 g/mol. The fraction of sp³-hybridized carbons (Fsp3) is 0.312. The zero-order valence-electron chi connectivity index (χ0n) is 12.4. The Bertz CT molecular complexity index is 701. The summed E-state index contributed by atoms with van der Waals surface area (Å²) in [6, 6.07) is 10.3. The molecule has 0 amide bonds. The lowest BCUT2D eigenvalue weighted by molar-refractivity contribution is -0.148. The Morgan fingerprint density at radius 2 is 2.00 bits per heavy atom. The largest absolute Gasteiger partial charge is 0.487 e. The number of hydrogen-bond acceptors (Lipinski definition) is 4. The van der Waals surface area contributed by atoms with Gasteiger partial charge in [0.25, 0.3) is 0 Å². The zero-order chi connectivity index (χ0) is 17.2. The van der Waals surface area contributed by atoms with E-state index in [2.05, 4.69) is 10.5 Å². The molecule has 1 unspecified atom stereocenters. The lowest BCUT2D eigenvalue weighted by Gasteiger charge is -2.16. The Morgan fingerprint density at radius 3 is 2.62 bits per heavy atom. The van der Waals surface area contributed by atoms with Crippen molar-refractivity contribution >= 4 is 17.0 Å². The van der Waals surface area contributed by atoms with E-state index in [9.17, 15) is 17.6 Å². The molecule has 1 aromatic carbocycles. The van der Waals surface area contributed by atoms with Crippen LogP contribution in [-0.4, -0.2) is 24.7 Å². The highest BCUT2D eigenvalue weighted by molar-refractivity contribution is 7.12. The van der Waals surface area contributed by atoms with Crippen molar-refractivity contribution < 1.29 is 22.3 Å². The average Bonchev–Trinajstić information content (AvgIpc) is 3.24. The lowest BCUT2D eigenvalue weighted by atomic mass is 10.0. The molecule has 0 bridgehead atoms. The molecule has 1 aliphatic heterocycles. The van der Waals surface area contributed by atoms with Crippen LogP contribution < -0.4 is 10.2 Å². The molecule has 2 heterocycles. The minimum atomic E-state index is -4.16. The van der Waals surface area contributed by atoms with Crippen molar-refractivity contribution in [2.45, 2.75) is 24.8 Å². The molecule has 1 N–H and O–H groups in total. The smallest absolute Gasteiger partial charge is 0.340 e. The van der Waals surface area contributed by atoms with Gasteiger partial charge in [0, 0.05) is 6.42 Å². The van der Waals surface area contributed by atoms with Crippen LogP contribution in [0.5, 0.6) is 5.75 Å². The third kappa shape index (κ3) is 3.69. The van der Waals surface area contributed by atoms with Gasteiger partial charge in [0.15, 0.2) is 6.61 Å². The number of alkyl halides is 4. The molecule has 3 rings (SSSR count). The molecule has 1 aromatic heterocycles. The molecule has 2 aromatic rings. The number of halogens is 4. The maximum absolute atomic E-state index is 12.8. The summed E-state index contributed by atoms with van der Waals surface area (Å²) in [4.78, 5) is 1.10. The second-order valence-electron chi connectivity index (χ2n) is 5.34. The average molecular weight is 358 g/mol. The van der Waals surface area contributed by atoms with E-state index in [4.69, 9.17) is 4.74 Å². The number of rotatable bonds is 6. The van der Waals surface area contributed by atoms with Crippen molar-refractivity contribution in [1.82, 2.24) is 5.43 Å². The second kappa shape index (κ2) is 6.80. The maximum atomic E-state index is 12.8.